The molecule has 1 saturated carbocycles. The molecule has 1 saturated heterocycles. The molecule has 5 rings (SSSR count). The predicted octanol–water partition coefficient (Wildman–Crippen LogP) is 2.69. The maximum Gasteiger partial charge on any atom is 0.438 e. The van der Waals surface area contributed by atoms with Crippen molar-refractivity contribution < 1.29 is 19.2 Å². The molecule has 2 aromatic heterocycles. The summed E-state index contributed by atoms with van der Waals surface area (Å²) in [6.45, 7) is 3.52. The Morgan fingerprint density at radius 1 is 1.32 bits per heavy atom. The number of fused-ring (bicyclic) bond motifs is 1. The number of carboxylic acids is 1. The van der Waals surface area contributed by atoms with Crippen molar-refractivity contribution in [2.24, 2.45) is 5.92 Å². The van der Waals surface area contributed by atoms with E-state index in [1.807, 2.05) is 13.0 Å². The highest BCUT2D eigenvalue weighted by molar-refractivity contribution is 5.95. The first-order valence-corrected chi connectivity index (χ1v) is 9.54. The first-order chi connectivity index (χ1) is 13.5. The summed E-state index contributed by atoms with van der Waals surface area (Å²) >= 11 is 0. The molecule has 28 heavy (non-hydrogen) atoms. The zero-order valence-electron chi connectivity index (χ0n) is 15.5. The summed E-state index contributed by atoms with van der Waals surface area (Å²) in [6.07, 6.45) is 2.62. The van der Waals surface area contributed by atoms with Gasteiger partial charge in [0.05, 0.1) is 0 Å². The molecular formula is C20H21N3O5. The molecule has 1 aliphatic heterocycles. The lowest BCUT2D eigenvalue weighted by atomic mass is 9.91. The van der Waals surface area contributed by atoms with Crippen LogP contribution in [0.15, 0.2) is 33.6 Å². The fourth-order valence-electron chi connectivity index (χ4n) is 4.68. The largest absolute Gasteiger partial charge is 0.477 e. The number of ether oxygens (including phenoxy) is 1. The van der Waals surface area contributed by atoms with Crippen LogP contribution in [-0.4, -0.2) is 39.0 Å². The number of aromatic nitrogens is 3. The third kappa shape index (κ3) is 2.44. The van der Waals surface area contributed by atoms with Gasteiger partial charge in [-0.2, -0.15) is 0 Å². The van der Waals surface area contributed by atoms with Crippen LogP contribution >= 0.6 is 0 Å². The standard InChI is InChI=1S/C20H21N3O5/c1-11-10-20(11,18-21-19(26)28-22-18)23-15-3-2-13(12-4-6-27-7-5-12)8-14(15)9-16(23)17(24)25/h2-3,8-9,11-12H,4-7,10H2,1H3,(H,24,25)(H,21,22,26)/t11-,20-/m1/s1. The molecule has 0 radical (unpaired) electrons. The topological polar surface area (TPSA) is 110 Å². The van der Waals surface area contributed by atoms with Gasteiger partial charge in [-0.05, 0) is 54.9 Å². The Hall–Kier alpha value is -2.87. The van der Waals surface area contributed by atoms with Crippen molar-refractivity contribution in [1.82, 2.24) is 14.7 Å². The molecule has 8 nitrogen and oxygen atoms in total. The van der Waals surface area contributed by atoms with Crippen LogP contribution in [0.25, 0.3) is 10.9 Å². The fraction of sp³-hybridized carbons (Fsp3) is 0.450. The highest BCUT2D eigenvalue weighted by Crippen LogP contribution is 2.55. The number of nitrogens with one attached hydrogen (secondary N) is 1. The van der Waals surface area contributed by atoms with Crippen LogP contribution in [-0.2, 0) is 10.3 Å². The van der Waals surface area contributed by atoms with Crippen molar-refractivity contribution in [3.63, 3.8) is 0 Å². The number of rotatable bonds is 4. The van der Waals surface area contributed by atoms with Gasteiger partial charge in [0.2, 0.25) is 0 Å². The zero-order valence-corrected chi connectivity index (χ0v) is 15.5. The van der Waals surface area contributed by atoms with Crippen molar-refractivity contribution in [3.05, 3.63) is 51.9 Å². The molecule has 2 fully saturated rings. The monoisotopic (exact) mass is 383 g/mol. The molecule has 8 heteroatoms. The average molecular weight is 383 g/mol. The van der Waals surface area contributed by atoms with Crippen molar-refractivity contribution >= 4 is 16.9 Å². The summed E-state index contributed by atoms with van der Waals surface area (Å²) in [5.41, 5.74) is 1.51. The van der Waals surface area contributed by atoms with Crippen LogP contribution in [0.2, 0.25) is 0 Å². The van der Waals surface area contributed by atoms with Crippen molar-refractivity contribution in [2.75, 3.05) is 13.2 Å². The third-order valence-corrected chi connectivity index (χ3v) is 6.26. The lowest BCUT2D eigenvalue weighted by Gasteiger charge is -2.23. The van der Waals surface area contributed by atoms with Gasteiger partial charge in [-0.3, -0.25) is 9.51 Å². The number of aromatic carboxylic acids is 1. The molecule has 0 unspecified atom stereocenters. The molecule has 1 aromatic carbocycles. The normalized spacial score (nSPS) is 25.2. The Balaban J connectivity index is 1.68. The van der Waals surface area contributed by atoms with Crippen molar-refractivity contribution in [1.29, 1.82) is 0 Å². The number of hydrogen-bond acceptors (Lipinski definition) is 5. The van der Waals surface area contributed by atoms with E-state index in [9.17, 15) is 14.7 Å². The van der Waals surface area contributed by atoms with Crippen molar-refractivity contribution in [2.45, 2.75) is 37.6 Å². The predicted molar refractivity (Wildman–Crippen MR) is 99.7 cm³/mol. The van der Waals surface area contributed by atoms with Gasteiger partial charge in [-0.25, -0.2) is 9.59 Å². The van der Waals surface area contributed by atoms with Gasteiger partial charge in [-0.1, -0.05) is 18.1 Å². The van der Waals surface area contributed by atoms with Gasteiger partial charge in [0.25, 0.3) is 0 Å². The number of H-pyrrole nitrogens is 1. The highest BCUT2D eigenvalue weighted by Gasteiger charge is 2.59. The highest BCUT2D eigenvalue weighted by atomic mass is 16.5. The number of carboxylic acid groups (broad SMARTS) is 1. The molecule has 0 bridgehead atoms. The fourth-order valence-corrected chi connectivity index (χ4v) is 4.68. The molecule has 2 aliphatic rings. The zero-order chi connectivity index (χ0) is 19.5. The average Bonchev–Trinajstić information content (AvgIpc) is 3.05. The second-order valence-electron chi connectivity index (χ2n) is 7.85. The molecule has 146 valence electrons. The van der Waals surface area contributed by atoms with Crippen LogP contribution < -0.4 is 5.76 Å². The Morgan fingerprint density at radius 3 is 2.68 bits per heavy atom. The van der Waals surface area contributed by atoms with E-state index < -0.39 is 17.3 Å². The van der Waals surface area contributed by atoms with E-state index in [0.29, 0.717) is 18.2 Å². The molecule has 2 atom stereocenters. The molecule has 3 aromatic rings. The maximum absolute atomic E-state index is 12.0. The van der Waals surface area contributed by atoms with E-state index in [4.69, 9.17) is 9.26 Å². The Bertz CT molecular complexity index is 1120. The molecule has 0 spiro atoms. The van der Waals surface area contributed by atoms with E-state index >= 15 is 0 Å². The Morgan fingerprint density at radius 2 is 2.07 bits per heavy atom. The Labute approximate surface area is 160 Å². The number of benzene rings is 1. The van der Waals surface area contributed by atoms with Crippen LogP contribution in [0.5, 0.6) is 0 Å². The van der Waals surface area contributed by atoms with E-state index in [1.165, 1.54) is 5.56 Å². The second kappa shape index (κ2) is 6.07. The second-order valence-corrected chi connectivity index (χ2v) is 7.85. The summed E-state index contributed by atoms with van der Waals surface area (Å²) < 4.78 is 12.0. The SMILES string of the molecule is C[C@@H]1C[C@@]1(c1noc(=O)[nH]1)n1c(C(=O)O)cc2cc(C3CCOCC3)ccc21. The van der Waals surface area contributed by atoms with Gasteiger partial charge in [0.15, 0.2) is 5.82 Å². The third-order valence-electron chi connectivity index (χ3n) is 6.26. The lowest BCUT2D eigenvalue weighted by molar-refractivity contribution is 0.0682. The van der Waals surface area contributed by atoms with Crippen LogP contribution in [0.3, 0.4) is 0 Å². The minimum Gasteiger partial charge on any atom is -0.477 e. The van der Waals surface area contributed by atoms with Crippen LogP contribution in [0.1, 0.15) is 54.0 Å². The molecule has 2 N–H and O–H groups in total. The van der Waals surface area contributed by atoms with E-state index in [2.05, 4.69) is 22.3 Å². The summed E-state index contributed by atoms with van der Waals surface area (Å²) in [5, 5.41) is 14.6. The smallest absolute Gasteiger partial charge is 0.438 e. The summed E-state index contributed by atoms with van der Waals surface area (Å²) in [5.74, 6) is -0.720. The van der Waals surface area contributed by atoms with E-state index in [0.717, 1.165) is 37.0 Å². The van der Waals surface area contributed by atoms with Crippen LogP contribution in [0.4, 0.5) is 0 Å². The van der Waals surface area contributed by atoms with Crippen molar-refractivity contribution in [3.8, 4) is 0 Å². The first-order valence-electron chi connectivity index (χ1n) is 9.54. The number of aromatic amines is 1. The quantitative estimate of drug-likeness (QED) is 0.717. The molecule has 1 aliphatic carbocycles. The van der Waals surface area contributed by atoms with E-state index in [1.54, 1.807) is 10.6 Å². The van der Waals surface area contributed by atoms with Gasteiger partial charge < -0.3 is 14.4 Å². The minimum absolute atomic E-state index is 0.122. The van der Waals surface area contributed by atoms with Crippen LogP contribution in [0, 0.1) is 5.92 Å². The number of carbonyl (C=O) groups is 1. The summed E-state index contributed by atoms with van der Waals surface area (Å²) in [7, 11) is 0. The minimum atomic E-state index is -1.01. The number of hydrogen-bond donors (Lipinski definition) is 2. The van der Waals surface area contributed by atoms with Gasteiger partial charge >= 0.3 is 11.7 Å². The lowest BCUT2D eigenvalue weighted by Crippen LogP contribution is -2.26. The maximum atomic E-state index is 12.0. The Kier molecular flexibility index (Phi) is 3.74. The molecule has 3 heterocycles. The molecular weight excluding hydrogens is 362 g/mol. The van der Waals surface area contributed by atoms with Gasteiger partial charge in [0, 0.05) is 24.1 Å². The first kappa shape index (κ1) is 17.2. The summed E-state index contributed by atoms with van der Waals surface area (Å²) in [6, 6.07) is 7.86. The van der Waals surface area contributed by atoms with E-state index in [-0.39, 0.29) is 11.6 Å². The molecule has 0 amide bonds. The van der Waals surface area contributed by atoms with Gasteiger partial charge in [0.1, 0.15) is 11.2 Å². The summed E-state index contributed by atoms with van der Waals surface area (Å²) in [4.78, 5) is 26.2. The number of nitrogens with zero attached hydrogens (tertiary/aromatic N) is 2. The van der Waals surface area contributed by atoms with Gasteiger partial charge in [-0.15, -0.1) is 0 Å².